The van der Waals surface area contributed by atoms with Crippen molar-refractivity contribution in [1.29, 1.82) is 0 Å². The molecule has 35 heavy (non-hydrogen) atoms. The van der Waals surface area contributed by atoms with Crippen LogP contribution in [0.15, 0.2) is 72.8 Å². The smallest absolute Gasteiger partial charge is 0.128 e. The second-order valence-corrected chi connectivity index (χ2v) is 9.21. The highest BCUT2D eigenvalue weighted by Gasteiger charge is 2.19. The van der Waals surface area contributed by atoms with E-state index in [0.29, 0.717) is 28.6 Å². The Bertz CT molecular complexity index is 1270. The molecule has 0 aliphatic carbocycles. The number of hydrogen-bond acceptors (Lipinski definition) is 5. The van der Waals surface area contributed by atoms with Crippen LogP contribution in [0.2, 0.25) is 5.02 Å². The summed E-state index contributed by atoms with van der Waals surface area (Å²) in [6.45, 7) is 7.43. The number of nitrogens with zero attached hydrogens (tertiary/aromatic N) is 3. The first-order valence-electron chi connectivity index (χ1n) is 11.9. The minimum atomic E-state index is 0.140. The second kappa shape index (κ2) is 10.4. The summed E-state index contributed by atoms with van der Waals surface area (Å²) in [7, 11) is 0. The molecule has 0 unspecified atom stereocenters. The Balaban J connectivity index is 1.19. The summed E-state index contributed by atoms with van der Waals surface area (Å²) >= 11 is 6.05. The lowest BCUT2D eigenvalue weighted by atomic mass is 9.99. The largest absolute Gasteiger partial charge is 0.507 e. The van der Waals surface area contributed by atoms with E-state index in [1.807, 2.05) is 43.3 Å². The highest BCUT2D eigenvalue weighted by atomic mass is 35.5. The third-order valence-corrected chi connectivity index (χ3v) is 6.73. The SMILES string of the molecule is Cc1[nH]nc(-c2ccc(OCCN3CCN(c4ccccc4)CC3)cc2O)c1-c1ccc(Cl)cc1. The number of para-hydroxylation sites is 1. The summed E-state index contributed by atoms with van der Waals surface area (Å²) in [6, 6.07) is 23.6. The first-order chi connectivity index (χ1) is 17.1. The van der Waals surface area contributed by atoms with Crippen molar-refractivity contribution in [3.8, 4) is 33.9 Å². The van der Waals surface area contributed by atoms with Crippen molar-refractivity contribution < 1.29 is 9.84 Å². The van der Waals surface area contributed by atoms with E-state index in [-0.39, 0.29) is 5.75 Å². The number of aromatic nitrogens is 2. The fourth-order valence-electron chi connectivity index (χ4n) is 4.56. The standard InChI is InChI=1S/C28H29ClN4O2/c1-20-27(21-7-9-22(29)10-8-21)28(31-30-20)25-12-11-24(19-26(25)34)35-18-17-32-13-15-33(16-14-32)23-5-3-2-4-6-23/h2-12,19,34H,13-18H2,1H3,(H,30,31). The number of phenols is 1. The molecular formula is C28H29ClN4O2. The van der Waals surface area contributed by atoms with Gasteiger partial charge in [-0.15, -0.1) is 0 Å². The second-order valence-electron chi connectivity index (χ2n) is 8.77. The van der Waals surface area contributed by atoms with Crippen LogP contribution in [0.1, 0.15) is 5.69 Å². The van der Waals surface area contributed by atoms with Crippen molar-refractivity contribution in [3.05, 3.63) is 83.5 Å². The molecule has 1 aromatic heterocycles. The molecule has 2 heterocycles. The number of aromatic amines is 1. The fraction of sp³-hybridized carbons (Fsp3) is 0.250. The molecule has 0 bridgehead atoms. The molecule has 7 heteroatoms. The summed E-state index contributed by atoms with van der Waals surface area (Å²) < 4.78 is 5.97. The van der Waals surface area contributed by atoms with Gasteiger partial charge in [-0.05, 0) is 48.9 Å². The van der Waals surface area contributed by atoms with E-state index in [0.717, 1.165) is 49.5 Å². The van der Waals surface area contributed by atoms with Crippen molar-refractivity contribution in [2.45, 2.75) is 6.92 Å². The molecule has 180 valence electrons. The van der Waals surface area contributed by atoms with Crippen LogP contribution in [-0.4, -0.2) is 59.5 Å². The average Bonchev–Trinajstić information content (AvgIpc) is 3.26. The van der Waals surface area contributed by atoms with Crippen LogP contribution in [0.5, 0.6) is 11.5 Å². The van der Waals surface area contributed by atoms with Crippen LogP contribution in [0.4, 0.5) is 5.69 Å². The summed E-state index contributed by atoms with van der Waals surface area (Å²) in [4.78, 5) is 4.84. The first kappa shape index (κ1) is 23.3. The number of piperazine rings is 1. The summed E-state index contributed by atoms with van der Waals surface area (Å²) in [5.74, 6) is 0.787. The predicted octanol–water partition coefficient (Wildman–Crippen LogP) is 5.61. The van der Waals surface area contributed by atoms with Gasteiger partial charge in [0.05, 0.1) is 0 Å². The predicted molar refractivity (Wildman–Crippen MR) is 141 cm³/mol. The van der Waals surface area contributed by atoms with Crippen LogP contribution in [-0.2, 0) is 0 Å². The van der Waals surface area contributed by atoms with Gasteiger partial charge in [0.25, 0.3) is 0 Å². The molecule has 0 atom stereocenters. The van der Waals surface area contributed by atoms with Gasteiger partial charge < -0.3 is 14.7 Å². The Morgan fingerprint density at radius 2 is 1.71 bits per heavy atom. The molecule has 6 nitrogen and oxygen atoms in total. The zero-order valence-electron chi connectivity index (χ0n) is 19.7. The number of H-pyrrole nitrogens is 1. The van der Waals surface area contributed by atoms with E-state index in [1.54, 1.807) is 6.07 Å². The molecule has 4 aromatic rings. The van der Waals surface area contributed by atoms with Gasteiger partial charge in [0.15, 0.2) is 0 Å². The fourth-order valence-corrected chi connectivity index (χ4v) is 4.68. The molecule has 0 saturated carbocycles. The number of rotatable bonds is 7. The first-order valence-corrected chi connectivity index (χ1v) is 12.3. The van der Waals surface area contributed by atoms with Gasteiger partial charge in [0, 0.05) is 66.3 Å². The minimum absolute atomic E-state index is 0.140. The van der Waals surface area contributed by atoms with Gasteiger partial charge in [0.2, 0.25) is 0 Å². The van der Waals surface area contributed by atoms with E-state index in [4.69, 9.17) is 16.3 Å². The highest BCUT2D eigenvalue weighted by Crippen LogP contribution is 2.39. The zero-order valence-corrected chi connectivity index (χ0v) is 20.5. The number of hydrogen-bond donors (Lipinski definition) is 2. The third kappa shape index (κ3) is 5.29. The van der Waals surface area contributed by atoms with Crippen LogP contribution in [0.3, 0.4) is 0 Å². The molecule has 2 N–H and O–H groups in total. The van der Waals surface area contributed by atoms with E-state index >= 15 is 0 Å². The van der Waals surface area contributed by atoms with Gasteiger partial charge in [-0.25, -0.2) is 0 Å². The lowest BCUT2D eigenvalue weighted by molar-refractivity contribution is 0.200. The summed E-state index contributed by atoms with van der Waals surface area (Å²) in [5, 5.41) is 19.0. The molecule has 0 amide bonds. The number of ether oxygens (including phenoxy) is 1. The lowest BCUT2D eigenvalue weighted by Gasteiger charge is -2.36. The quantitative estimate of drug-likeness (QED) is 0.354. The van der Waals surface area contributed by atoms with E-state index in [2.05, 4.69) is 50.3 Å². The van der Waals surface area contributed by atoms with Crippen molar-refractivity contribution >= 4 is 17.3 Å². The Morgan fingerprint density at radius 1 is 0.971 bits per heavy atom. The van der Waals surface area contributed by atoms with Crippen molar-refractivity contribution in [2.24, 2.45) is 0 Å². The van der Waals surface area contributed by atoms with Gasteiger partial charge in [-0.3, -0.25) is 10.00 Å². The molecule has 1 aliphatic rings. The van der Waals surface area contributed by atoms with Gasteiger partial charge in [-0.2, -0.15) is 5.10 Å². The van der Waals surface area contributed by atoms with Gasteiger partial charge >= 0.3 is 0 Å². The maximum atomic E-state index is 10.8. The van der Waals surface area contributed by atoms with Crippen LogP contribution in [0.25, 0.3) is 22.4 Å². The number of benzene rings is 3. The van der Waals surface area contributed by atoms with Crippen molar-refractivity contribution in [1.82, 2.24) is 15.1 Å². The van der Waals surface area contributed by atoms with E-state index < -0.39 is 0 Å². The van der Waals surface area contributed by atoms with Crippen molar-refractivity contribution in [3.63, 3.8) is 0 Å². The Hall–Kier alpha value is -3.48. The Kier molecular flexibility index (Phi) is 6.93. The number of phenolic OH excluding ortho intramolecular Hbond substituents is 1. The average molecular weight is 489 g/mol. The molecule has 0 spiro atoms. The number of anilines is 1. The number of nitrogens with one attached hydrogen (secondary N) is 1. The monoisotopic (exact) mass is 488 g/mol. The number of halogens is 1. The molecular weight excluding hydrogens is 460 g/mol. The Morgan fingerprint density at radius 3 is 2.43 bits per heavy atom. The summed E-state index contributed by atoms with van der Waals surface area (Å²) in [6.07, 6.45) is 0. The van der Waals surface area contributed by atoms with Crippen LogP contribution in [0, 0.1) is 6.92 Å². The molecule has 1 saturated heterocycles. The highest BCUT2D eigenvalue weighted by molar-refractivity contribution is 6.30. The molecule has 3 aromatic carbocycles. The van der Waals surface area contributed by atoms with E-state index in [9.17, 15) is 5.11 Å². The summed E-state index contributed by atoms with van der Waals surface area (Å²) in [5.41, 5.74) is 5.50. The molecule has 5 rings (SSSR count). The Labute approximate surface area is 210 Å². The molecule has 1 fully saturated rings. The third-order valence-electron chi connectivity index (χ3n) is 6.47. The maximum absolute atomic E-state index is 10.8. The lowest BCUT2D eigenvalue weighted by Crippen LogP contribution is -2.47. The normalized spacial score (nSPS) is 14.3. The van der Waals surface area contributed by atoms with Crippen molar-refractivity contribution in [2.75, 3.05) is 44.2 Å². The number of aryl methyl sites for hydroxylation is 1. The number of aromatic hydroxyl groups is 1. The van der Waals surface area contributed by atoms with Gasteiger partial charge in [-0.1, -0.05) is 41.9 Å². The zero-order chi connectivity index (χ0) is 24.2. The van der Waals surface area contributed by atoms with Gasteiger partial charge in [0.1, 0.15) is 23.8 Å². The van der Waals surface area contributed by atoms with Crippen LogP contribution >= 0.6 is 11.6 Å². The maximum Gasteiger partial charge on any atom is 0.128 e. The minimum Gasteiger partial charge on any atom is -0.507 e. The van der Waals surface area contributed by atoms with E-state index in [1.165, 1.54) is 5.69 Å². The van der Waals surface area contributed by atoms with Crippen LogP contribution < -0.4 is 9.64 Å². The molecule has 0 radical (unpaired) electrons. The topological polar surface area (TPSA) is 64.6 Å². The molecule has 1 aliphatic heterocycles.